The monoisotopic (exact) mass is 731 g/mol. The van der Waals surface area contributed by atoms with E-state index in [9.17, 15) is 0 Å². The molecular formula is C46H38NO6P. The number of hydrogen-bond donors (Lipinski definition) is 0. The van der Waals surface area contributed by atoms with Gasteiger partial charge in [-0.15, -0.1) is 0 Å². The van der Waals surface area contributed by atoms with Gasteiger partial charge in [0.25, 0.3) is 0 Å². The zero-order chi connectivity index (χ0) is 36.5. The zero-order valence-electron chi connectivity index (χ0n) is 30.0. The van der Waals surface area contributed by atoms with E-state index >= 15 is 0 Å². The maximum Gasteiger partial charge on any atom is 0.388 e. The van der Waals surface area contributed by atoms with E-state index < -0.39 is 19.9 Å². The molecular weight excluding hydrogens is 693 g/mol. The minimum atomic E-state index is -2.04. The molecule has 2 heterocycles. The summed E-state index contributed by atoms with van der Waals surface area (Å²) in [4.78, 5) is 5.27. The van der Waals surface area contributed by atoms with E-state index in [2.05, 4.69) is 84.9 Å². The Labute approximate surface area is 314 Å². The molecule has 1 aliphatic rings. The van der Waals surface area contributed by atoms with Gasteiger partial charge in [0.2, 0.25) is 5.90 Å². The van der Waals surface area contributed by atoms with Gasteiger partial charge in [-0.1, -0.05) is 103 Å². The number of ether oxygens (including phenoxy) is 3. The molecule has 54 heavy (non-hydrogen) atoms. The fraction of sp³-hybridized carbons (Fsp3) is 0.152. The van der Waals surface area contributed by atoms with Crippen molar-refractivity contribution in [3.63, 3.8) is 0 Å². The Bertz CT molecular complexity index is 2520. The first-order valence-electron chi connectivity index (χ1n) is 18.0. The van der Waals surface area contributed by atoms with Gasteiger partial charge in [-0.3, -0.25) is 4.52 Å². The molecule has 0 bridgehead atoms. The first-order chi connectivity index (χ1) is 26.6. The summed E-state index contributed by atoms with van der Waals surface area (Å²) < 4.78 is 38.8. The summed E-state index contributed by atoms with van der Waals surface area (Å²) in [6.45, 7) is 0.322. The highest BCUT2D eigenvalue weighted by atomic mass is 31.1. The highest BCUT2D eigenvalue weighted by Crippen LogP contribution is 2.44. The molecule has 1 aromatic heterocycles. The molecule has 9 rings (SSSR count). The van der Waals surface area contributed by atoms with Gasteiger partial charge < -0.3 is 22.6 Å². The summed E-state index contributed by atoms with van der Waals surface area (Å²) in [6, 6.07) is 50.9. The molecule has 0 fully saturated rings. The van der Waals surface area contributed by atoms with Crippen LogP contribution in [0.3, 0.4) is 0 Å². The highest BCUT2D eigenvalue weighted by Gasteiger charge is 2.46. The van der Waals surface area contributed by atoms with Crippen LogP contribution in [0.15, 0.2) is 165 Å². The fourth-order valence-corrected chi connectivity index (χ4v) is 8.80. The molecule has 8 aromatic rings. The number of rotatable bonds is 10. The summed E-state index contributed by atoms with van der Waals surface area (Å²) in [5.74, 6) is 2.14. The van der Waals surface area contributed by atoms with Gasteiger partial charge in [0, 0.05) is 29.2 Å². The van der Waals surface area contributed by atoms with Gasteiger partial charge in [-0.2, -0.15) is 0 Å². The minimum absolute atomic E-state index is 0.322. The molecule has 0 N–H and O–H groups in total. The summed E-state index contributed by atoms with van der Waals surface area (Å²) in [7, 11) is 1.31. The molecule has 1 aliphatic heterocycles. The summed E-state index contributed by atoms with van der Waals surface area (Å²) in [6.07, 6.45) is 0.979. The molecule has 1 atom stereocenters. The van der Waals surface area contributed by atoms with Crippen molar-refractivity contribution >= 4 is 57.6 Å². The van der Waals surface area contributed by atoms with Crippen LogP contribution in [0, 0.1) is 0 Å². The van der Waals surface area contributed by atoms with E-state index in [-0.39, 0.29) is 0 Å². The lowest BCUT2D eigenvalue weighted by Gasteiger charge is -2.35. The van der Waals surface area contributed by atoms with Gasteiger partial charge in [-0.05, 0) is 81.2 Å². The van der Waals surface area contributed by atoms with Crippen molar-refractivity contribution in [2.24, 2.45) is 4.99 Å². The second kappa shape index (κ2) is 14.4. The quantitative estimate of drug-likeness (QED) is 0.139. The Balaban J connectivity index is 1.29. The average Bonchev–Trinajstić information content (AvgIpc) is 3.67. The molecule has 0 aliphatic carbocycles. The van der Waals surface area contributed by atoms with Gasteiger partial charge in [0.05, 0.1) is 14.2 Å². The first-order valence-corrected chi connectivity index (χ1v) is 19.1. The number of methoxy groups -OCH3 is 2. The van der Waals surface area contributed by atoms with Crippen LogP contribution in [-0.2, 0) is 17.6 Å². The second-order valence-corrected chi connectivity index (χ2v) is 14.6. The Hall–Kier alpha value is -6.01. The average molecular weight is 732 g/mol. The summed E-state index contributed by atoms with van der Waals surface area (Å²) in [5.41, 5.74) is 3.44. The molecule has 0 saturated carbocycles. The molecule has 0 radical (unpaired) electrons. The highest BCUT2D eigenvalue weighted by molar-refractivity contribution is 7.31. The maximum atomic E-state index is 7.46. The van der Waals surface area contributed by atoms with E-state index in [4.69, 9.17) is 32.1 Å². The van der Waals surface area contributed by atoms with E-state index in [0.29, 0.717) is 36.5 Å². The van der Waals surface area contributed by atoms with Crippen molar-refractivity contribution < 1.29 is 27.1 Å². The smallest absolute Gasteiger partial charge is 0.388 e. The van der Waals surface area contributed by atoms with Crippen molar-refractivity contribution in [2.45, 2.75) is 24.5 Å². The number of benzene rings is 7. The number of hydrogen-bond acceptors (Lipinski definition) is 7. The van der Waals surface area contributed by atoms with E-state index in [0.717, 1.165) is 60.5 Å². The van der Waals surface area contributed by atoms with Crippen LogP contribution < -0.4 is 14.0 Å². The lowest BCUT2D eigenvalue weighted by atomic mass is 9.82. The Morgan fingerprint density at radius 1 is 0.593 bits per heavy atom. The fourth-order valence-electron chi connectivity index (χ4n) is 7.52. The third kappa shape index (κ3) is 6.47. The molecule has 8 heteroatoms. The topological polar surface area (TPSA) is 75.6 Å². The van der Waals surface area contributed by atoms with Gasteiger partial charge in [-0.25, -0.2) is 4.99 Å². The van der Waals surface area contributed by atoms with Crippen molar-refractivity contribution in [1.29, 1.82) is 0 Å². The number of nitrogens with zero attached hydrogens (tertiary/aromatic N) is 1. The lowest BCUT2D eigenvalue weighted by molar-refractivity contribution is 0.0715. The third-order valence-corrected chi connectivity index (χ3v) is 11.4. The van der Waals surface area contributed by atoms with E-state index in [1.54, 1.807) is 14.2 Å². The van der Waals surface area contributed by atoms with Crippen molar-refractivity contribution in [2.75, 3.05) is 20.8 Å². The molecule has 0 spiro atoms. The van der Waals surface area contributed by atoms with Crippen LogP contribution in [0.5, 0.6) is 11.5 Å². The van der Waals surface area contributed by atoms with Gasteiger partial charge in [0.15, 0.2) is 0 Å². The van der Waals surface area contributed by atoms with Crippen LogP contribution in [0.2, 0.25) is 0 Å². The first kappa shape index (κ1) is 33.8. The van der Waals surface area contributed by atoms with E-state index in [1.165, 1.54) is 0 Å². The third-order valence-electron chi connectivity index (χ3n) is 10.2. The second-order valence-electron chi connectivity index (χ2n) is 13.6. The van der Waals surface area contributed by atoms with Gasteiger partial charge >= 0.3 is 8.24 Å². The summed E-state index contributed by atoms with van der Waals surface area (Å²) >= 11 is 0. The van der Waals surface area contributed by atoms with Crippen molar-refractivity contribution in [3.8, 4) is 11.5 Å². The Morgan fingerprint density at radius 3 is 1.61 bits per heavy atom. The van der Waals surface area contributed by atoms with Gasteiger partial charge in [0.1, 0.15) is 40.9 Å². The maximum absolute atomic E-state index is 7.46. The van der Waals surface area contributed by atoms with E-state index in [1.807, 2.05) is 66.7 Å². The SMILES string of the molecule is COc1ccc(CC(Cc2ccc(OC)cc2)(Op2oc3ccc4ccccc4c3c3c(ccc4ccccc43)o2)C2COC(c3ccccc3)=N2)cc1. The van der Waals surface area contributed by atoms with Crippen LogP contribution in [0.1, 0.15) is 16.7 Å². The predicted molar refractivity (Wildman–Crippen MR) is 217 cm³/mol. The molecule has 0 amide bonds. The minimum Gasteiger partial charge on any atom is -0.497 e. The molecule has 0 saturated heterocycles. The predicted octanol–water partition coefficient (Wildman–Crippen LogP) is 11.1. The zero-order valence-corrected chi connectivity index (χ0v) is 30.9. The van der Waals surface area contributed by atoms with Crippen LogP contribution >= 0.6 is 8.24 Å². The Morgan fingerprint density at radius 2 is 1.09 bits per heavy atom. The standard InChI is InChI=1S/C46H38NO6P/c1-48-36-22-16-31(17-23-36)28-46(29-32-18-24-37(49-2)25-19-32,42-30-50-45(47-42)35-12-4-3-5-13-35)53-54-51-40-26-20-33-10-6-8-14-38(33)43(40)44-39-15-9-7-11-34(39)21-27-41(44)52-54/h3-27,42H,28-30H2,1-2H3. The molecule has 268 valence electrons. The van der Waals surface area contributed by atoms with Crippen LogP contribution in [0.25, 0.3) is 43.5 Å². The van der Waals surface area contributed by atoms with Crippen molar-refractivity contribution in [1.82, 2.24) is 0 Å². The van der Waals surface area contributed by atoms with Crippen molar-refractivity contribution in [3.05, 3.63) is 168 Å². The summed E-state index contributed by atoms with van der Waals surface area (Å²) in [5, 5.41) is 6.36. The Kier molecular flexibility index (Phi) is 9.03. The molecule has 1 unspecified atom stereocenters. The van der Waals surface area contributed by atoms with Crippen LogP contribution in [0.4, 0.5) is 0 Å². The molecule has 7 aromatic carbocycles. The number of aliphatic imine (C=N–C) groups is 1. The lowest BCUT2D eigenvalue weighted by Crippen LogP contribution is -2.51. The normalized spacial score (nSPS) is 14.3. The number of fused-ring (bicyclic) bond motifs is 7. The van der Waals surface area contributed by atoms with Crippen LogP contribution in [-0.4, -0.2) is 38.4 Å². The largest absolute Gasteiger partial charge is 0.497 e. The molecule has 7 nitrogen and oxygen atoms in total.